The van der Waals surface area contributed by atoms with E-state index in [9.17, 15) is 18.8 Å². The molecular formula is C23H24FN3O3. The first kappa shape index (κ1) is 20.1. The Morgan fingerprint density at radius 3 is 2.47 bits per heavy atom. The fourth-order valence-electron chi connectivity index (χ4n) is 4.09. The minimum atomic E-state index is -0.657. The van der Waals surface area contributed by atoms with E-state index in [1.165, 1.54) is 15.9 Å². The molecule has 2 saturated heterocycles. The van der Waals surface area contributed by atoms with Crippen molar-refractivity contribution in [1.29, 1.82) is 0 Å². The third-order valence-electron chi connectivity index (χ3n) is 5.77. The Balaban J connectivity index is 1.37. The lowest BCUT2D eigenvalue weighted by Crippen LogP contribution is -2.55. The largest absolute Gasteiger partial charge is 0.338 e. The van der Waals surface area contributed by atoms with E-state index < -0.39 is 17.6 Å². The molecule has 0 aromatic heterocycles. The molecule has 0 N–H and O–H groups in total. The molecule has 0 radical (unpaired) electrons. The van der Waals surface area contributed by atoms with Crippen molar-refractivity contribution in [3.05, 3.63) is 65.5 Å². The summed E-state index contributed by atoms with van der Waals surface area (Å²) in [5, 5.41) is 0. The number of hydrogen-bond acceptors (Lipinski definition) is 3. The van der Waals surface area contributed by atoms with Crippen LogP contribution in [0, 0.1) is 18.7 Å². The fraction of sp³-hybridized carbons (Fsp3) is 0.348. The molecule has 2 aliphatic heterocycles. The minimum absolute atomic E-state index is 0.00123. The molecule has 0 saturated carbocycles. The maximum absolute atomic E-state index is 13.9. The third kappa shape index (κ3) is 4.06. The number of nitrogens with zero attached hydrogens (tertiary/aromatic N) is 3. The van der Waals surface area contributed by atoms with Crippen molar-refractivity contribution in [3.63, 3.8) is 0 Å². The number of carbonyl (C=O) groups excluding carboxylic acids is 3. The molecule has 2 aliphatic rings. The molecule has 2 aromatic rings. The van der Waals surface area contributed by atoms with Crippen LogP contribution in [-0.2, 0) is 20.9 Å². The van der Waals surface area contributed by atoms with Gasteiger partial charge in [0, 0.05) is 50.7 Å². The number of carbonyl (C=O) groups is 3. The molecule has 30 heavy (non-hydrogen) atoms. The van der Waals surface area contributed by atoms with Gasteiger partial charge in [0.2, 0.25) is 5.91 Å². The van der Waals surface area contributed by atoms with E-state index in [2.05, 4.69) is 0 Å². The average Bonchev–Trinajstić information content (AvgIpc) is 3.07. The third-order valence-corrected chi connectivity index (χ3v) is 5.77. The number of benzene rings is 2. The summed E-state index contributed by atoms with van der Waals surface area (Å²) >= 11 is 0. The summed E-state index contributed by atoms with van der Waals surface area (Å²) in [4.78, 5) is 42.3. The number of likely N-dealkylation sites (tertiary alicyclic amines) is 1. The van der Waals surface area contributed by atoms with Crippen LogP contribution >= 0.6 is 0 Å². The van der Waals surface area contributed by atoms with Gasteiger partial charge in [0.05, 0.1) is 0 Å². The SMILES string of the molecule is Cc1ccc(N2CCN(CC3CC(=O)N(Cc4ccccc4)C3)C(=O)C2=O)cc1F. The summed E-state index contributed by atoms with van der Waals surface area (Å²) in [5.41, 5.74) is 1.94. The van der Waals surface area contributed by atoms with Gasteiger partial charge in [0.15, 0.2) is 0 Å². The van der Waals surface area contributed by atoms with Gasteiger partial charge < -0.3 is 14.7 Å². The second-order valence-electron chi connectivity index (χ2n) is 7.97. The highest BCUT2D eigenvalue weighted by Crippen LogP contribution is 2.24. The van der Waals surface area contributed by atoms with Crippen LogP contribution in [0.4, 0.5) is 10.1 Å². The van der Waals surface area contributed by atoms with E-state index in [1.807, 2.05) is 30.3 Å². The Bertz CT molecular complexity index is 979. The highest BCUT2D eigenvalue weighted by atomic mass is 19.1. The Morgan fingerprint density at radius 1 is 0.967 bits per heavy atom. The molecule has 156 valence electrons. The molecule has 4 rings (SSSR count). The summed E-state index contributed by atoms with van der Waals surface area (Å²) in [6.07, 6.45) is 0.373. The maximum atomic E-state index is 13.9. The van der Waals surface area contributed by atoms with Crippen molar-refractivity contribution < 1.29 is 18.8 Å². The van der Waals surface area contributed by atoms with Gasteiger partial charge in [-0.05, 0) is 30.2 Å². The van der Waals surface area contributed by atoms with Gasteiger partial charge in [-0.25, -0.2) is 4.39 Å². The summed E-state index contributed by atoms with van der Waals surface area (Å²) < 4.78 is 13.9. The number of halogens is 1. The second-order valence-corrected chi connectivity index (χ2v) is 7.97. The van der Waals surface area contributed by atoms with Crippen LogP contribution in [0.15, 0.2) is 48.5 Å². The van der Waals surface area contributed by atoms with E-state index in [0.29, 0.717) is 50.4 Å². The molecule has 0 aliphatic carbocycles. The van der Waals surface area contributed by atoms with Gasteiger partial charge in [-0.3, -0.25) is 14.4 Å². The van der Waals surface area contributed by atoms with Gasteiger partial charge in [0.25, 0.3) is 0 Å². The second kappa shape index (κ2) is 8.26. The zero-order valence-electron chi connectivity index (χ0n) is 16.9. The van der Waals surface area contributed by atoms with Crippen molar-refractivity contribution in [2.75, 3.05) is 31.1 Å². The molecule has 2 fully saturated rings. The number of amides is 3. The lowest BCUT2D eigenvalue weighted by Gasteiger charge is -2.35. The van der Waals surface area contributed by atoms with Crippen molar-refractivity contribution in [3.8, 4) is 0 Å². The smallest absolute Gasteiger partial charge is 0.316 e. The van der Waals surface area contributed by atoms with E-state index >= 15 is 0 Å². The molecule has 1 unspecified atom stereocenters. The van der Waals surface area contributed by atoms with Crippen LogP contribution in [0.1, 0.15) is 17.5 Å². The van der Waals surface area contributed by atoms with Crippen LogP contribution in [0.25, 0.3) is 0 Å². The highest BCUT2D eigenvalue weighted by Gasteiger charge is 2.37. The van der Waals surface area contributed by atoms with Crippen molar-refractivity contribution in [2.24, 2.45) is 5.92 Å². The molecule has 0 bridgehead atoms. The quantitative estimate of drug-likeness (QED) is 0.713. The van der Waals surface area contributed by atoms with Crippen LogP contribution in [0.3, 0.4) is 0 Å². The van der Waals surface area contributed by atoms with Crippen LogP contribution < -0.4 is 4.90 Å². The average molecular weight is 409 g/mol. The maximum Gasteiger partial charge on any atom is 0.316 e. The summed E-state index contributed by atoms with van der Waals surface area (Å²) in [7, 11) is 0. The number of rotatable bonds is 5. The predicted molar refractivity (Wildman–Crippen MR) is 110 cm³/mol. The summed E-state index contributed by atoms with van der Waals surface area (Å²) in [6, 6.07) is 14.3. The summed E-state index contributed by atoms with van der Waals surface area (Å²) in [5.74, 6) is -1.60. The number of anilines is 1. The Morgan fingerprint density at radius 2 is 1.73 bits per heavy atom. The molecule has 2 aromatic carbocycles. The first-order valence-electron chi connectivity index (χ1n) is 10.1. The van der Waals surface area contributed by atoms with Gasteiger partial charge in [-0.1, -0.05) is 36.4 Å². The van der Waals surface area contributed by atoms with E-state index in [-0.39, 0.29) is 11.8 Å². The van der Waals surface area contributed by atoms with Gasteiger partial charge in [0.1, 0.15) is 5.82 Å². The van der Waals surface area contributed by atoms with E-state index in [4.69, 9.17) is 0 Å². The Kier molecular flexibility index (Phi) is 5.53. The van der Waals surface area contributed by atoms with Crippen LogP contribution in [0.5, 0.6) is 0 Å². The van der Waals surface area contributed by atoms with Crippen molar-refractivity contribution >= 4 is 23.4 Å². The van der Waals surface area contributed by atoms with E-state index in [0.717, 1.165) is 5.56 Å². The van der Waals surface area contributed by atoms with Gasteiger partial charge in [-0.15, -0.1) is 0 Å². The molecular weight excluding hydrogens is 385 g/mol. The standard InChI is InChI=1S/C23H24FN3O3/c1-16-7-8-19(12-20(16)24)27-10-9-25(22(29)23(27)30)14-18-11-21(28)26(15-18)13-17-5-3-2-4-6-17/h2-8,12,18H,9-11,13-15H2,1H3. The fourth-order valence-corrected chi connectivity index (χ4v) is 4.09. The number of hydrogen-bond donors (Lipinski definition) is 0. The molecule has 7 heteroatoms. The van der Waals surface area contributed by atoms with Crippen LogP contribution in [0.2, 0.25) is 0 Å². The minimum Gasteiger partial charge on any atom is -0.338 e. The first-order valence-corrected chi connectivity index (χ1v) is 10.1. The molecule has 3 amide bonds. The topological polar surface area (TPSA) is 60.9 Å². The molecule has 1 atom stereocenters. The lowest BCUT2D eigenvalue weighted by molar-refractivity contribution is -0.146. The van der Waals surface area contributed by atoms with Crippen LogP contribution in [-0.4, -0.2) is 53.7 Å². The molecule has 2 heterocycles. The van der Waals surface area contributed by atoms with Gasteiger partial charge in [-0.2, -0.15) is 0 Å². The van der Waals surface area contributed by atoms with E-state index in [1.54, 1.807) is 24.0 Å². The number of piperazine rings is 1. The Hall–Kier alpha value is -3.22. The first-order chi connectivity index (χ1) is 14.4. The number of aryl methyl sites for hydroxylation is 1. The Labute approximate surface area is 174 Å². The lowest BCUT2D eigenvalue weighted by atomic mass is 10.1. The highest BCUT2D eigenvalue weighted by molar-refractivity contribution is 6.41. The predicted octanol–water partition coefficient (Wildman–Crippen LogP) is 2.36. The van der Waals surface area contributed by atoms with Crippen molar-refractivity contribution in [2.45, 2.75) is 19.9 Å². The van der Waals surface area contributed by atoms with Gasteiger partial charge >= 0.3 is 11.8 Å². The normalized spacial score (nSPS) is 19.7. The molecule has 0 spiro atoms. The monoisotopic (exact) mass is 409 g/mol. The zero-order valence-corrected chi connectivity index (χ0v) is 16.9. The summed E-state index contributed by atoms with van der Waals surface area (Å²) in [6.45, 7) is 3.81. The molecule has 6 nitrogen and oxygen atoms in total. The zero-order chi connectivity index (χ0) is 21.3. The van der Waals surface area contributed by atoms with Crippen molar-refractivity contribution in [1.82, 2.24) is 9.80 Å².